The predicted octanol–water partition coefficient (Wildman–Crippen LogP) is 5.25. The molecule has 0 spiro atoms. The normalized spacial score (nSPS) is 11.3. The molecule has 0 unspecified atom stereocenters. The number of benzene rings is 2. The van der Waals surface area contributed by atoms with E-state index < -0.39 is 0 Å². The zero-order valence-corrected chi connectivity index (χ0v) is 20.3. The standard InChI is InChI=1S/C27H34N4O2/c1-6-12-26(33)30(18-21-14-8-7-9-15-21)19-25(32)28-24-17-23(27(3,4)5)29-31(24)22-16-11-10-13-20(22)2/h7-11,13-17H,6,12,18-19H2,1-5H3,(H,28,32). The maximum absolute atomic E-state index is 13.1. The summed E-state index contributed by atoms with van der Waals surface area (Å²) in [5, 5.41) is 7.81. The van der Waals surface area contributed by atoms with Gasteiger partial charge in [-0.15, -0.1) is 0 Å². The van der Waals surface area contributed by atoms with Crippen molar-refractivity contribution in [3.63, 3.8) is 0 Å². The van der Waals surface area contributed by atoms with E-state index in [9.17, 15) is 9.59 Å². The molecule has 0 aliphatic heterocycles. The van der Waals surface area contributed by atoms with Crippen LogP contribution in [0.1, 0.15) is 57.4 Å². The SMILES string of the molecule is CCCC(=O)N(CC(=O)Nc1cc(C(C)(C)C)nn1-c1ccccc1C)Cc1ccccc1. The molecule has 2 aromatic carbocycles. The summed E-state index contributed by atoms with van der Waals surface area (Å²) in [4.78, 5) is 27.5. The van der Waals surface area contributed by atoms with Crippen LogP contribution in [-0.4, -0.2) is 33.0 Å². The molecule has 0 atom stereocenters. The van der Waals surface area contributed by atoms with Crippen LogP contribution in [0.2, 0.25) is 0 Å². The smallest absolute Gasteiger partial charge is 0.245 e. The molecule has 0 fully saturated rings. The average Bonchev–Trinajstić information content (AvgIpc) is 3.18. The fraction of sp³-hybridized carbons (Fsp3) is 0.370. The van der Waals surface area contributed by atoms with Gasteiger partial charge in [0.15, 0.2) is 0 Å². The Hall–Kier alpha value is -3.41. The molecule has 0 bridgehead atoms. The molecule has 0 aliphatic carbocycles. The van der Waals surface area contributed by atoms with Gasteiger partial charge < -0.3 is 10.2 Å². The van der Waals surface area contributed by atoms with Crippen LogP contribution in [0.3, 0.4) is 0 Å². The van der Waals surface area contributed by atoms with Gasteiger partial charge in [-0.2, -0.15) is 5.10 Å². The highest BCUT2D eigenvalue weighted by Crippen LogP contribution is 2.27. The summed E-state index contributed by atoms with van der Waals surface area (Å²) >= 11 is 0. The molecular weight excluding hydrogens is 412 g/mol. The zero-order chi connectivity index (χ0) is 24.0. The summed E-state index contributed by atoms with van der Waals surface area (Å²) in [5.74, 6) is 0.326. The fourth-order valence-corrected chi connectivity index (χ4v) is 3.59. The van der Waals surface area contributed by atoms with Crippen LogP contribution >= 0.6 is 0 Å². The number of carbonyl (C=O) groups is 2. The largest absolute Gasteiger partial charge is 0.329 e. The highest BCUT2D eigenvalue weighted by atomic mass is 16.2. The highest BCUT2D eigenvalue weighted by Gasteiger charge is 2.23. The first-order valence-electron chi connectivity index (χ1n) is 11.5. The quantitative estimate of drug-likeness (QED) is 0.514. The molecule has 0 radical (unpaired) electrons. The second-order valence-electron chi connectivity index (χ2n) is 9.40. The first-order chi connectivity index (χ1) is 15.7. The number of aromatic nitrogens is 2. The molecule has 0 saturated carbocycles. The second kappa shape index (κ2) is 10.5. The Kier molecular flexibility index (Phi) is 7.69. The molecule has 6 heteroatoms. The predicted molar refractivity (Wildman–Crippen MR) is 132 cm³/mol. The minimum atomic E-state index is -0.245. The van der Waals surface area contributed by atoms with Crippen molar-refractivity contribution in [3.8, 4) is 5.69 Å². The van der Waals surface area contributed by atoms with Crippen LogP contribution in [-0.2, 0) is 21.5 Å². The average molecular weight is 447 g/mol. The number of rotatable bonds is 8. The van der Waals surface area contributed by atoms with Crippen LogP contribution in [0.15, 0.2) is 60.7 Å². The van der Waals surface area contributed by atoms with Crippen LogP contribution in [0.4, 0.5) is 5.82 Å². The van der Waals surface area contributed by atoms with Crippen molar-refractivity contribution in [2.45, 2.75) is 59.4 Å². The molecule has 0 saturated heterocycles. The number of hydrogen-bond acceptors (Lipinski definition) is 3. The van der Waals surface area contributed by atoms with Crippen molar-refractivity contribution in [3.05, 3.63) is 77.5 Å². The number of aryl methyl sites for hydroxylation is 1. The van der Waals surface area contributed by atoms with E-state index in [-0.39, 0.29) is 23.8 Å². The fourth-order valence-electron chi connectivity index (χ4n) is 3.59. The van der Waals surface area contributed by atoms with Gasteiger partial charge in [0, 0.05) is 24.4 Å². The lowest BCUT2D eigenvalue weighted by Crippen LogP contribution is -2.37. The molecule has 0 aliphatic rings. The molecule has 174 valence electrons. The molecule has 1 aromatic heterocycles. The summed E-state index contributed by atoms with van der Waals surface area (Å²) < 4.78 is 1.78. The third-order valence-electron chi connectivity index (χ3n) is 5.46. The van der Waals surface area contributed by atoms with Crippen molar-refractivity contribution >= 4 is 17.6 Å². The Morgan fingerprint density at radius 1 is 1.03 bits per heavy atom. The third kappa shape index (κ3) is 6.31. The Balaban J connectivity index is 1.86. The molecule has 33 heavy (non-hydrogen) atoms. The van der Waals surface area contributed by atoms with Gasteiger partial charge in [0.25, 0.3) is 0 Å². The van der Waals surface area contributed by atoms with Crippen molar-refractivity contribution in [1.82, 2.24) is 14.7 Å². The first kappa shape index (κ1) is 24.2. The minimum Gasteiger partial charge on any atom is -0.329 e. The van der Waals surface area contributed by atoms with Gasteiger partial charge in [-0.1, -0.05) is 76.2 Å². The number of nitrogens with one attached hydrogen (secondary N) is 1. The van der Waals surface area contributed by atoms with E-state index >= 15 is 0 Å². The number of carbonyl (C=O) groups excluding carboxylic acids is 2. The number of para-hydroxylation sites is 1. The van der Waals surface area contributed by atoms with Gasteiger partial charge in [-0.05, 0) is 30.5 Å². The molecule has 1 N–H and O–H groups in total. The van der Waals surface area contributed by atoms with Crippen LogP contribution in [0.5, 0.6) is 0 Å². The van der Waals surface area contributed by atoms with E-state index in [1.807, 2.05) is 74.5 Å². The van der Waals surface area contributed by atoms with Crippen molar-refractivity contribution < 1.29 is 9.59 Å². The molecule has 3 rings (SSSR count). The summed E-state index contributed by atoms with van der Waals surface area (Å²) in [6, 6.07) is 19.6. The van der Waals surface area contributed by atoms with Crippen LogP contribution < -0.4 is 5.32 Å². The topological polar surface area (TPSA) is 67.2 Å². The first-order valence-corrected chi connectivity index (χ1v) is 11.5. The van der Waals surface area contributed by atoms with Crippen molar-refractivity contribution in [2.75, 3.05) is 11.9 Å². The van der Waals surface area contributed by atoms with Crippen molar-refractivity contribution in [2.24, 2.45) is 0 Å². The van der Waals surface area contributed by atoms with Gasteiger partial charge in [0.2, 0.25) is 11.8 Å². The molecular formula is C27H34N4O2. The summed E-state index contributed by atoms with van der Waals surface area (Å²) in [5.41, 5.74) is 3.66. The van der Waals surface area contributed by atoms with Gasteiger partial charge >= 0.3 is 0 Å². The number of amides is 2. The third-order valence-corrected chi connectivity index (χ3v) is 5.46. The maximum atomic E-state index is 13.1. The van der Waals surface area contributed by atoms with Gasteiger partial charge in [-0.25, -0.2) is 4.68 Å². The monoisotopic (exact) mass is 446 g/mol. The Labute approximate surface area is 196 Å². The summed E-state index contributed by atoms with van der Waals surface area (Å²) in [6.45, 7) is 10.6. The number of anilines is 1. The van der Waals surface area contributed by atoms with Crippen LogP contribution in [0, 0.1) is 6.92 Å². The van der Waals surface area contributed by atoms with E-state index in [2.05, 4.69) is 26.1 Å². The van der Waals surface area contributed by atoms with E-state index in [1.165, 1.54) is 0 Å². The minimum absolute atomic E-state index is 0.0163. The Morgan fingerprint density at radius 2 is 1.70 bits per heavy atom. The lowest BCUT2D eigenvalue weighted by atomic mass is 9.92. The molecule has 1 heterocycles. The van der Waals surface area contributed by atoms with Gasteiger partial charge in [0.05, 0.1) is 11.4 Å². The summed E-state index contributed by atoms with van der Waals surface area (Å²) in [7, 11) is 0. The Morgan fingerprint density at radius 3 is 2.33 bits per heavy atom. The van der Waals surface area contributed by atoms with Crippen LogP contribution in [0.25, 0.3) is 5.69 Å². The van der Waals surface area contributed by atoms with E-state index in [0.29, 0.717) is 18.8 Å². The van der Waals surface area contributed by atoms with Crippen molar-refractivity contribution in [1.29, 1.82) is 0 Å². The molecule has 3 aromatic rings. The maximum Gasteiger partial charge on any atom is 0.245 e. The van der Waals surface area contributed by atoms with E-state index in [1.54, 1.807) is 9.58 Å². The lowest BCUT2D eigenvalue weighted by molar-refractivity contribution is -0.135. The highest BCUT2D eigenvalue weighted by molar-refractivity contribution is 5.94. The molecule has 6 nitrogen and oxygen atoms in total. The zero-order valence-electron chi connectivity index (χ0n) is 20.3. The number of hydrogen-bond donors (Lipinski definition) is 1. The number of nitrogens with zero attached hydrogens (tertiary/aromatic N) is 3. The van der Waals surface area contributed by atoms with E-state index in [4.69, 9.17) is 5.10 Å². The van der Waals surface area contributed by atoms with Gasteiger partial charge in [-0.3, -0.25) is 9.59 Å². The van der Waals surface area contributed by atoms with E-state index in [0.717, 1.165) is 28.9 Å². The second-order valence-corrected chi connectivity index (χ2v) is 9.40. The lowest BCUT2D eigenvalue weighted by Gasteiger charge is -2.22. The molecule has 2 amide bonds. The Bertz CT molecular complexity index is 1100. The van der Waals surface area contributed by atoms with Gasteiger partial charge in [0.1, 0.15) is 12.4 Å². The summed E-state index contributed by atoms with van der Waals surface area (Å²) in [6.07, 6.45) is 1.15.